The maximum Gasteiger partial charge on any atom is 0.343 e. The average Bonchev–Trinajstić information content (AvgIpc) is 2.74. The summed E-state index contributed by atoms with van der Waals surface area (Å²) in [6, 6.07) is 16.4. The van der Waals surface area contributed by atoms with E-state index in [-0.39, 0.29) is 22.4 Å². The van der Waals surface area contributed by atoms with Gasteiger partial charge in [-0.15, -0.1) is 0 Å². The molecule has 0 saturated heterocycles. The summed E-state index contributed by atoms with van der Waals surface area (Å²) < 4.78 is 11.5. The zero-order valence-electron chi connectivity index (χ0n) is 16.2. The topological polar surface area (TPSA) is 77.0 Å². The first-order valence-corrected chi connectivity index (χ1v) is 10.9. The molecule has 0 aliphatic heterocycles. The predicted molar refractivity (Wildman–Crippen MR) is 128 cm³/mol. The highest BCUT2D eigenvalue weighted by Crippen LogP contribution is 2.35. The third-order valence-corrected chi connectivity index (χ3v) is 5.19. The van der Waals surface area contributed by atoms with Crippen molar-refractivity contribution < 1.29 is 19.1 Å². The molecule has 10 heteroatoms. The Labute approximate surface area is 207 Å². The van der Waals surface area contributed by atoms with Gasteiger partial charge in [0.15, 0.2) is 12.4 Å². The number of benzene rings is 3. The SMILES string of the molecule is O=C(COc1c(Cl)cc(Cl)cc1Cl)N/N=C\c1ccc(OC(=O)c2ccc(Br)cc2)cc1. The lowest BCUT2D eigenvalue weighted by molar-refractivity contribution is -0.123. The Balaban J connectivity index is 1.48. The number of esters is 1. The van der Waals surface area contributed by atoms with Crippen LogP contribution in [0.1, 0.15) is 15.9 Å². The summed E-state index contributed by atoms with van der Waals surface area (Å²) in [5, 5.41) is 4.60. The molecule has 0 aromatic heterocycles. The normalized spacial score (nSPS) is 10.8. The van der Waals surface area contributed by atoms with Crippen LogP contribution >= 0.6 is 50.7 Å². The summed E-state index contributed by atoms with van der Waals surface area (Å²) in [7, 11) is 0. The molecule has 0 unspecified atom stereocenters. The molecule has 3 aromatic carbocycles. The maximum atomic E-state index is 12.1. The number of hydrazone groups is 1. The van der Waals surface area contributed by atoms with E-state index in [0.717, 1.165) is 4.47 Å². The second-order valence-electron chi connectivity index (χ2n) is 6.25. The summed E-state index contributed by atoms with van der Waals surface area (Å²) in [4.78, 5) is 24.0. The molecule has 164 valence electrons. The molecule has 0 atom stereocenters. The number of nitrogens with zero attached hydrogens (tertiary/aromatic N) is 1. The van der Waals surface area contributed by atoms with Crippen LogP contribution in [-0.4, -0.2) is 24.7 Å². The first-order valence-electron chi connectivity index (χ1n) is 8.99. The van der Waals surface area contributed by atoms with E-state index in [2.05, 4.69) is 26.5 Å². The van der Waals surface area contributed by atoms with Crippen molar-refractivity contribution in [3.63, 3.8) is 0 Å². The molecule has 0 saturated carbocycles. The van der Waals surface area contributed by atoms with Crippen molar-refractivity contribution in [3.05, 3.63) is 91.3 Å². The van der Waals surface area contributed by atoms with Gasteiger partial charge >= 0.3 is 5.97 Å². The molecule has 0 aliphatic carbocycles. The van der Waals surface area contributed by atoms with Crippen molar-refractivity contribution >= 4 is 68.8 Å². The van der Waals surface area contributed by atoms with E-state index in [0.29, 0.717) is 21.9 Å². The molecule has 1 N–H and O–H groups in total. The van der Waals surface area contributed by atoms with Crippen molar-refractivity contribution in [2.45, 2.75) is 0 Å². The number of carbonyl (C=O) groups excluding carboxylic acids is 2. The van der Waals surface area contributed by atoms with Crippen LogP contribution < -0.4 is 14.9 Å². The molecule has 6 nitrogen and oxygen atoms in total. The number of ether oxygens (including phenoxy) is 2. The Hall–Kier alpha value is -2.58. The average molecular weight is 557 g/mol. The Morgan fingerprint density at radius 3 is 2.22 bits per heavy atom. The second-order valence-corrected chi connectivity index (χ2v) is 8.41. The first kappa shape index (κ1) is 24.1. The Bertz CT molecular complexity index is 1130. The van der Waals surface area contributed by atoms with Gasteiger partial charge in [0.1, 0.15) is 5.75 Å². The molecular weight excluding hydrogens is 543 g/mol. The van der Waals surface area contributed by atoms with Crippen LogP contribution in [0.4, 0.5) is 0 Å². The van der Waals surface area contributed by atoms with Crippen LogP contribution in [-0.2, 0) is 4.79 Å². The highest BCUT2D eigenvalue weighted by molar-refractivity contribution is 9.10. The van der Waals surface area contributed by atoms with Crippen molar-refractivity contribution in [1.82, 2.24) is 5.43 Å². The molecule has 0 spiro atoms. The lowest BCUT2D eigenvalue weighted by Crippen LogP contribution is -2.24. The van der Waals surface area contributed by atoms with Gasteiger partial charge < -0.3 is 9.47 Å². The van der Waals surface area contributed by atoms with Crippen LogP contribution in [0.15, 0.2) is 70.2 Å². The van der Waals surface area contributed by atoms with E-state index in [1.54, 1.807) is 48.5 Å². The van der Waals surface area contributed by atoms with E-state index < -0.39 is 11.9 Å². The minimum Gasteiger partial charge on any atom is -0.481 e. The van der Waals surface area contributed by atoms with Crippen LogP contribution in [0.2, 0.25) is 15.1 Å². The van der Waals surface area contributed by atoms with Crippen LogP contribution in [0.25, 0.3) is 0 Å². The molecular formula is C22H14BrCl3N2O4. The standard InChI is InChI=1S/C22H14BrCl3N2O4/c23-15-5-3-14(4-6-15)22(30)32-17-7-1-13(2-8-17)11-27-28-20(29)12-31-21-18(25)9-16(24)10-19(21)26/h1-11H,12H2,(H,28,29)/b27-11-. The lowest BCUT2D eigenvalue weighted by Gasteiger charge is -2.09. The fourth-order valence-electron chi connectivity index (χ4n) is 2.39. The van der Waals surface area contributed by atoms with Gasteiger partial charge in [-0.25, -0.2) is 10.2 Å². The highest BCUT2D eigenvalue weighted by Gasteiger charge is 2.11. The van der Waals surface area contributed by atoms with E-state index in [1.165, 1.54) is 18.3 Å². The summed E-state index contributed by atoms with van der Waals surface area (Å²) in [6.45, 7) is -0.344. The number of halogens is 4. The lowest BCUT2D eigenvalue weighted by atomic mass is 10.2. The highest BCUT2D eigenvalue weighted by atomic mass is 79.9. The van der Waals surface area contributed by atoms with Gasteiger partial charge in [0.25, 0.3) is 5.91 Å². The Morgan fingerprint density at radius 1 is 0.969 bits per heavy atom. The van der Waals surface area contributed by atoms with Gasteiger partial charge in [-0.05, 0) is 66.2 Å². The van der Waals surface area contributed by atoms with Gasteiger partial charge in [0.2, 0.25) is 0 Å². The van der Waals surface area contributed by atoms with E-state index in [1.807, 2.05) is 0 Å². The number of rotatable bonds is 7. The molecule has 3 rings (SSSR count). The van der Waals surface area contributed by atoms with E-state index in [4.69, 9.17) is 44.3 Å². The van der Waals surface area contributed by atoms with Gasteiger partial charge in [-0.2, -0.15) is 5.10 Å². The van der Waals surface area contributed by atoms with Crippen LogP contribution in [0.3, 0.4) is 0 Å². The monoisotopic (exact) mass is 554 g/mol. The van der Waals surface area contributed by atoms with Crippen LogP contribution in [0, 0.1) is 0 Å². The van der Waals surface area contributed by atoms with Crippen molar-refractivity contribution in [1.29, 1.82) is 0 Å². The van der Waals surface area contributed by atoms with E-state index in [9.17, 15) is 9.59 Å². The van der Waals surface area contributed by atoms with Gasteiger partial charge in [-0.3, -0.25) is 4.79 Å². The third kappa shape index (κ3) is 6.97. The van der Waals surface area contributed by atoms with Gasteiger partial charge in [-0.1, -0.05) is 50.7 Å². The minimum atomic E-state index is -0.511. The van der Waals surface area contributed by atoms with Gasteiger partial charge in [0, 0.05) is 9.50 Å². The van der Waals surface area contributed by atoms with Gasteiger partial charge in [0.05, 0.1) is 21.8 Å². The minimum absolute atomic E-state index is 0.158. The number of hydrogen-bond donors (Lipinski definition) is 1. The summed E-state index contributed by atoms with van der Waals surface area (Å²) in [5.41, 5.74) is 3.44. The third-order valence-electron chi connectivity index (χ3n) is 3.88. The molecule has 0 aliphatic rings. The molecule has 0 heterocycles. The Morgan fingerprint density at radius 2 is 1.59 bits per heavy atom. The zero-order valence-corrected chi connectivity index (χ0v) is 20.0. The first-order chi connectivity index (χ1) is 15.3. The van der Waals surface area contributed by atoms with Crippen molar-refractivity contribution in [2.24, 2.45) is 5.10 Å². The van der Waals surface area contributed by atoms with Crippen molar-refractivity contribution in [2.75, 3.05) is 6.61 Å². The fourth-order valence-corrected chi connectivity index (χ4v) is 3.58. The zero-order chi connectivity index (χ0) is 23.1. The van der Waals surface area contributed by atoms with Crippen molar-refractivity contribution in [3.8, 4) is 11.5 Å². The maximum absolute atomic E-state index is 12.1. The van der Waals surface area contributed by atoms with Crippen LogP contribution in [0.5, 0.6) is 11.5 Å². The molecule has 0 fully saturated rings. The number of nitrogens with one attached hydrogen (secondary N) is 1. The quantitative estimate of drug-likeness (QED) is 0.164. The smallest absolute Gasteiger partial charge is 0.343 e. The number of amides is 1. The fraction of sp³-hybridized carbons (Fsp3) is 0.0455. The molecule has 32 heavy (non-hydrogen) atoms. The molecule has 0 radical (unpaired) electrons. The number of hydrogen-bond acceptors (Lipinski definition) is 5. The number of carbonyl (C=O) groups is 2. The second kappa shape index (κ2) is 11.3. The predicted octanol–water partition coefficient (Wildman–Crippen LogP) is 6.16. The Kier molecular flexibility index (Phi) is 8.53. The molecule has 1 amide bonds. The molecule has 3 aromatic rings. The summed E-state index contributed by atoms with van der Waals surface area (Å²) in [5.74, 6) is -0.440. The molecule has 0 bridgehead atoms. The summed E-state index contributed by atoms with van der Waals surface area (Å²) >= 11 is 21.1. The summed E-state index contributed by atoms with van der Waals surface area (Å²) in [6.07, 6.45) is 1.43. The largest absolute Gasteiger partial charge is 0.481 e. The van der Waals surface area contributed by atoms with E-state index >= 15 is 0 Å².